The normalized spacial score (nSPS) is 16.2. The van der Waals surface area contributed by atoms with Gasteiger partial charge < -0.3 is 4.90 Å². The number of nitrogens with zero attached hydrogens (tertiary/aromatic N) is 1. The third kappa shape index (κ3) is 3.64. The first-order valence-corrected chi connectivity index (χ1v) is 8.59. The Kier molecular flexibility index (Phi) is 5.97. The summed E-state index contributed by atoms with van der Waals surface area (Å²) in [6, 6.07) is 21.4. The minimum Gasteiger partial charge on any atom is -0.343 e. The molecule has 0 spiro atoms. The number of amides is 1. The number of benzene rings is 2. The van der Waals surface area contributed by atoms with E-state index in [2.05, 4.69) is 60.7 Å². The second kappa shape index (κ2) is 7.96. The number of rotatable bonds is 2. The number of carbonyl (C=O) groups is 1. The summed E-state index contributed by atoms with van der Waals surface area (Å²) < 4.78 is 0. The summed E-state index contributed by atoms with van der Waals surface area (Å²) in [5, 5.41) is 0. The quantitative estimate of drug-likeness (QED) is 0.791. The van der Waals surface area contributed by atoms with Crippen molar-refractivity contribution in [2.75, 3.05) is 13.1 Å². The topological polar surface area (TPSA) is 20.3 Å². The molecule has 2 aromatic carbocycles. The molecule has 0 N–H and O–H groups in total. The first-order chi connectivity index (χ1) is 11.2. The van der Waals surface area contributed by atoms with Crippen LogP contribution in [0.3, 0.4) is 0 Å². The van der Waals surface area contributed by atoms with Crippen molar-refractivity contribution in [3.8, 4) is 0 Å². The van der Waals surface area contributed by atoms with E-state index >= 15 is 0 Å². The maximum Gasteiger partial charge on any atom is 0.219 e. The van der Waals surface area contributed by atoms with Gasteiger partial charge in [0.25, 0.3) is 0 Å². The van der Waals surface area contributed by atoms with Gasteiger partial charge in [0.2, 0.25) is 5.91 Å². The Morgan fingerprint density at radius 2 is 1.22 bits per heavy atom. The molecule has 1 saturated heterocycles. The maximum atomic E-state index is 11.6. The average Bonchev–Trinajstić information content (AvgIpc) is 2.65. The molecule has 23 heavy (non-hydrogen) atoms. The van der Waals surface area contributed by atoms with Crippen molar-refractivity contribution in [3.05, 3.63) is 71.8 Å². The molecule has 0 bridgehead atoms. The predicted molar refractivity (Wildman–Crippen MR) is 96.5 cm³/mol. The summed E-state index contributed by atoms with van der Waals surface area (Å²) in [6.07, 6.45) is 1.97. The van der Waals surface area contributed by atoms with Crippen LogP contribution < -0.4 is 0 Å². The smallest absolute Gasteiger partial charge is 0.219 e. The van der Waals surface area contributed by atoms with Crippen molar-refractivity contribution in [3.63, 3.8) is 0 Å². The highest BCUT2D eigenvalue weighted by atomic mass is 16.2. The number of piperidine rings is 1. The molecule has 2 aromatic rings. The summed E-state index contributed by atoms with van der Waals surface area (Å²) in [5.41, 5.74) is 2.76. The lowest BCUT2D eigenvalue weighted by molar-refractivity contribution is -0.130. The highest BCUT2D eigenvalue weighted by Crippen LogP contribution is 2.41. The molecule has 2 heteroatoms. The largest absolute Gasteiger partial charge is 0.343 e. The van der Waals surface area contributed by atoms with Crippen LogP contribution in [0.15, 0.2) is 60.7 Å². The van der Waals surface area contributed by atoms with Gasteiger partial charge in [0.1, 0.15) is 0 Å². The van der Waals surface area contributed by atoms with E-state index in [9.17, 15) is 4.79 Å². The molecule has 122 valence electrons. The van der Waals surface area contributed by atoms with Gasteiger partial charge >= 0.3 is 0 Å². The fourth-order valence-electron chi connectivity index (χ4n) is 3.46. The van der Waals surface area contributed by atoms with Crippen LogP contribution in [-0.4, -0.2) is 23.9 Å². The molecule has 0 atom stereocenters. The predicted octanol–water partition coefficient (Wildman–Crippen LogP) is 4.64. The maximum absolute atomic E-state index is 11.6. The average molecular weight is 309 g/mol. The summed E-state index contributed by atoms with van der Waals surface area (Å²) in [4.78, 5) is 13.6. The van der Waals surface area contributed by atoms with E-state index in [1.807, 2.05) is 18.7 Å². The Bertz CT molecular complexity index is 557. The Morgan fingerprint density at radius 1 is 0.826 bits per heavy atom. The lowest BCUT2D eigenvalue weighted by Crippen LogP contribution is -2.45. The lowest BCUT2D eigenvalue weighted by atomic mass is 9.68. The standard InChI is InChI=1S/C19H21NO.C2H6/c1-16(21)20-14-12-19(13-15-20,17-8-4-2-5-9-17)18-10-6-3-7-11-18;1-2/h2-11H,12-15H2,1H3;1-2H3. The van der Waals surface area contributed by atoms with Gasteiger partial charge in [-0.05, 0) is 24.0 Å². The number of carbonyl (C=O) groups excluding carboxylic acids is 1. The second-order valence-electron chi connectivity index (χ2n) is 5.82. The zero-order valence-electron chi connectivity index (χ0n) is 14.5. The van der Waals surface area contributed by atoms with Crippen molar-refractivity contribution in [1.82, 2.24) is 4.90 Å². The van der Waals surface area contributed by atoms with Crippen LogP contribution >= 0.6 is 0 Å². The van der Waals surface area contributed by atoms with Crippen LogP contribution in [-0.2, 0) is 10.2 Å². The molecule has 0 aromatic heterocycles. The van der Waals surface area contributed by atoms with Gasteiger partial charge in [-0.2, -0.15) is 0 Å². The highest BCUT2D eigenvalue weighted by Gasteiger charge is 2.38. The van der Waals surface area contributed by atoms with E-state index in [-0.39, 0.29) is 11.3 Å². The van der Waals surface area contributed by atoms with E-state index in [1.165, 1.54) is 11.1 Å². The molecule has 2 nitrogen and oxygen atoms in total. The fourth-order valence-corrected chi connectivity index (χ4v) is 3.46. The minimum absolute atomic E-state index is 0.0362. The zero-order valence-corrected chi connectivity index (χ0v) is 14.5. The van der Waals surface area contributed by atoms with E-state index < -0.39 is 0 Å². The van der Waals surface area contributed by atoms with Gasteiger partial charge in [-0.25, -0.2) is 0 Å². The van der Waals surface area contributed by atoms with Crippen LogP contribution in [0.2, 0.25) is 0 Å². The summed E-state index contributed by atoms with van der Waals surface area (Å²) in [5.74, 6) is 0.185. The molecule has 1 aliphatic heterocycles. The molecule has 0 saturated carbocycles. The molecule has 0 aliphatic carbocycles. The van der Waals surface area contributed by atoms with Crippen LogP contribution in [0.25, 0.3) is 0 Å². The fraction of sp³-hybridized carbons (Fsp3) is 0.381. The van der Waals surface area contributed by atoms with Crippen LogP contribution in [0.5, 0.6) is 0 Å². The van der Waals surface area contributed by atoms with Crippen molar-refractivity contribution in [1.29, 1.82) is 0 Å². The molecule has 1 amide bonds. The molecule has 0 unspecified atom stereocenters. The molecule has 1 heterocycles. The van der Waals surface area contributed by atoms with Crippen molar-refractivity contribution in [2.24, 2.45) is 0 Å². The van der Waals surface area contributed by atoms with Crippen LogP contribution in [0.1, 0.15) is 44.7 Å². The van der Waals surface area contributed by atoms with Crippen molar-refractivity contribution >= 4 is 5.91 Å². The van der Waals surface area contributed by atoms with E-state index in [1.54, 1.807) is 6.92 Å². The van der Waals surface area contributed by atoms with Gasteiger partial charge in [-0.1, -0.05) is 74.5 Å². The number of hydrogen-bond donors (Lipinski definition) is 0. The molecular formula is C21H27NO. The van der Waals surface area contributed by atoms with Crippen LogP contribution in [0.4, 0.5) is 0 Å². The summed E-state index contributed by atoms with van der Waals surface area (Å²) >= 11 is 0. The Balaban J connectivity index is 0.000000924. The Labute approximate surface area is 140 Å². The second-order valence-corrected chi connectivity index (χ2v) is 5.82. The van der Waals surface area contributed by atoms with E-state index in [4.69, 9.17) is 0 Å². The molecule has 1 fully saturated rings. The third-order valence-corrected chi connectivity index (χ3v) is 4.72. The third-order valence-electron chi connectivity index (χ3n) is 4.72. The van der Waals surface area contributed by atoms with Crippen LogP contribution in [0, 0.1) is 0 Å². The SMILES string of the molecule is CC.CC(=O)N1CCC(c2ccccc2)(c2ccccc2)CC1. The molecular weight excluding hydrogens is 282 g/mol. The summed E-state index contributed by atoms with van der Waals surface area (Å²) in [6.45, 7) is 7.33. The van der Waals surface area contributed by atoms with Gasteiger partial charge in [-0.3, -0.25) is 4.79 Å². The first kappa shape index (κ1) is 17.3. The molecule has 1 aliphatic rings. The number of hydrogen-bond acceptors (Lipinski definition) is 1. The van der Waals surface area contributed by atoms with Gasteiger partial charge in [0.05, 0.1) is 0 Å². The number of likely N-dealkylation sites (tertiary alicyclic amines) is 1. The Morgan fingerprint density at radius 3 is 1.57 bits per heavy atom. The van der Waals surface area contributed by atoms with E-state index in [0.29, 0.717) is 0 Å². The van der Waals surface area contributed by atoms with Gasteiger partial charge in [0.15, 0.2) is 0 Å². The lowest BCUT2D eigenvalue weighted by Gasteiger charge is -2.42. The minimum atomic E-state index is 0.0362. The monoisotopic (exact) mass is 309 g/mol. The van der Waals surface area contributed by atoms with Gasteiger partial charge in [0, 0.05) is 25.4 Å². The first-order valence-electron chi connectivity index (χ1n) is 8.59. The van der Waals surface area contributed by atoms with Crippen molar-refractivity contribution in [2.45, 2.75) is 39.0 Å². The highest BCUT2D eigenvalue weighted by molar-refractivity contribution is 5.73. The Hall–Kier alpha value is -2.09. The molecule has 3 rings (SSSR count). The summed E-state index contributed by atoms with van der Waals surface area (Å²) in [7, 11) is 0. The zero-order chi connectivity index (χ0) is 16.7. The van der Waals surface area contributed by atoms with Crippen molar-refractivity contribution < 1.29 is 4.79 Å². The van der Waals surface area contributed by atoms with E-state index in [0.717, 1.165) is 25.9 Å². The van der Waals surface area contributed by atoms with Gasteiger partial charge in [-0.15, -0.1) is 0 Å². The molecule has 0 radical (unpaired) electrons.